The molecule has 1 fully saturated rings. The van der Waals surface area contributed by atoms with E-state index in [-0.39, 0.29) is 24.1 Å². The zero-order chi connectivity index (χ0) is 14.3. The van der Waals surface area contributed by atoms with E-state index in [9.17, 15) is 14.4 Å². The first-order valence-electron chi connectivity index (χ1n) is 6.51. The molecule has 0 radical (unpaired) electrons. The highest BCUT2D eigenvalue weighted by molar-refractivity contribution is 6.05. The number of amides is 3. The number of imide groups is 1. The lowest BCUT2D eigenvalue weighted by atomic mass is 10.0. The maximum absolute atomic E-state index is 12.4. The quantitative estimate of drug-likeness (QED) is 0.818. The monoisotopic (exact) mass is 270 g/mol. The zero-order valence-corrected chi connectivity index (χ0v) is 10.9. The van der Waals surface area contributed by atoms with E-state index in [0.717, 1.165) is 11.1 Å². The summed E-state index contributed by atoms with van der Waals surface area (Å²) >= 11 is 0. The number of carbonyl (C=O) groups excluding carboxylic acids is 3. The first-order chi connectivity index (χ1) is 9.61. The van der Waals surface area contributed by atoms with Crippen molar-refractivity contribution in [3.63, 3.8) is 0 Å². The summed E-state index contributed by atoms with van der Waals surface area (Å²) < 4.78 is 0. The van der Waals surface area contributed by atoms with Crippen LogP contribution in [0.1, 0.15) is 34.3 Å². The lowest BCUT2D eigenvalue weighted by Crippen LogP contribution is -2.52. The largest absolute Gasteiger partial charge is 0.322 e. The van der Waals surface area contributed by atoms with E-state index in [4.69, 9.17) is 0 Å². The maximum atomic E-state index is 12.4. The lowest BCUT2D eigenvalue weighted by Gasteiger charge is -2.29. The molecule has 5 nitrogen and oxygen atoms in total. The van der Waals surface area contributed by atoms with Gasteiger partial charge in [0, 0.05) is 18.5 Å². The molecule has 1 N–H and O–H groups in total. The third kappa shape index (κ3) is 1.82. The van der Waals surface area contributed by atoms with E-state index in [0.29, 0.717) is 18.5 Å². The predicted molar refractivity (Wildman–Crippen MR) is 72.6 cm³/mol. The van der Waals surface area contributed by atoms with Gasteiger partial charge in [0.15, 0.2) is 0 Å². The van der Waals surface area contributed by atoms with Crippen molar-refractivity contribution in [2.45, 2.75) is 25.4 Å². The Kier molecular flexibility index (Phi) is 2.89. The summed E-state index contributed by atoms with van der Waals surface area (Å²) in [6.45, 7) is 4.13. The van der Waals surface area contributed by atoms with Crippen LogP contribution in [-0.2, 0) is 16.1 Å². The molecule has 20 heavy (non-hydrogen) atoms. The summed E-state index contributed by atoms with van der Waals surface area (Å²) in [7, 11) is 0. The number of piperidine rings is 1. The van der Waals surface area contributed by atoms with Crippen LogP contribution in [0.3, 0.4) is 0 Å². The van der Waals surface area contributed by atoms with Crippen molar-refractivity contribution in [3.8, 4) is 0 Å². The van der Waals surface area contributed by atoms with Gasteiger partial charge in [-0.25, -0.2) is 0 Å². The molecule has 3 amide bonds. The van der Waals surface area contributed by atoms with Crippen LogP contribution in [0.25, 0.3) is 6.08 Å². The summed E-state index contributed by atoms with van der Waals surface area (Å²) in [5, 5.41) is 2.29. The molecule has 0 bridgehead atoms. The van der Waals surface area contributed by atoms with Crippen molar-refractivity contribution >= 4 is 23.8 Å². The molecule has 1 aromatic rings. The zero-order valence-electron chi connectivity index (χ0n) is 10.9. The summed E-state index contributed by atoms with van der Waals surface area (Å²) in [6.07, 6.45) is 2.36. The smallest absolute Gasteiger partial charge is 0.255 e. The Morgan fingerprint density at radius 3 is 2.80 bits per heavy atom. The highest BCUT2D eigenvalue weighted by Gasteiger charge is 2.39. The number of carbonyl (C=O) groups is 3. The van der Waals surface area contributed by atoms with Crippen molar-refractivity contribution in [1.82, 2.24) is 10.2 Å². The van der Waals surface area contributed by atoms with Gasteiger partial charge >= 0.3 is 0 Å². The Labute approximate surface area is 116 Å². The molecule has 102 valence electrons. The van der Waals surface area contributed by atoms with Gasteiger partial charge in [-0.05, 0) is 23.6 Å². The van der Waals surface area contributed by atoms with Crippen LogP contribution >= 0.6 is 0 Å². The SMILES string of the molecule is C=Cc1cccc2c1CN(C1CCC(=O)NC1=O)C2=O. The number of hydrogen-bond acceptors (Lipinski definition) is 3. The molecule has 5 heteroatoms. The topological polar surface area (TPSA) is 66.5 Å². The number of hydrogen-bond donors (Lipinski definition) is 1. The summed E-state index contributed by atoms with van der Waals surface area (Å²) in [5.41, 5.74) is 2.43. The Hall–Kier alpha value is -2.43. The Morgan fingerprint density at radius 2 is 2.10 bits per heavy atom. The van der Waals surface area contributed by atoms with E-state index in [1.54, 1.807) is 17.0 Å². The van der Waals surface area contributed by atoms with Gasteiger partial charge < -0.3 is 4.90 Å². The standard InChI is InChI=1S/C15H14N2O3/c1-2-9-4-3-5-10-11(9)8-17(15(10)20)12-6-7-13(18)16-14(12)19/h2-5,12H,1,6-8H2,(H,16,18,19). The fourth-order valence-electron chi connectivity index (χ4n) is 2.80. The molecule has 0 spiro atoms. The van der Waals surface area contributed by atoms with Gasteiger partial charge in [-0.1, -0.05) is 24.8 Å². The van der Waals surface area contributed by atoms with Crippen LogP contribution in [0.2, 0.25) is 0 Å². The molecule has 0 aromatic heterocycles. The van der Waals surface area contributed by atoms with Crippen molar-refractivity contribution in [2.75, 3.05) is 0 Å². The van der Waals surface area contributed by atoms with E-state index in [1.165, 1.54) is 0 Å². The molecule has 0 aliphatic carbocycles. The van der Waals surface area contributed by atoms with E-state index >= 15 is 0 Å². The lowest BCUT2D eigenvalue weighted by molar-refractivity contribution is -0.136. The molecule has 2 heterocycles. The van der Waals surface area contributed by atoms with Crippen molar-refractivity contribution < 1.29 is 14.4 Å². The molecule has 1 unspecified atom stereocenters. The first kappa shape index (κ1) is 12.6. The van der Waals surface area contributed by atoms with E-state index in [1.807, 2.05) is 12.1 Å². The third-order valence-corrected chi connectivity index (χ3v) is 3.84. The number of nitrogens with zero attached hydrogens (tertiary/aromatic N) is 1. The van der Waals surface area contributed by atoms with Crippen LogP contribution in [0.15, 0.2) is 24.8 Å². The average molecular weight is 270 g/mol. The van der Waals surface area contributed by atoms with Gasteiger partial charge in [0.25, 0.3) is 5.91 Å². The van der Waals surface area contributed by atoms with Crippen LogP contribution in [0.4, 0.5) is 0 Å². The Bertz CT molecular complexity index is 636. The van der Waals surface area contributed by atoms with Crippen LogP contribution < -0.4 is 5.32 Å². The van der Waals surface area contributed by atoms with Crippen LogP contribution in [-0.4, -0.2) is 28.7 Å². The first-order valence-corrected chi connectivity index (χ1v) is 6.51. The van der Waals surface area contributed by atoms with Crippen molar-refractivity contribution in [3.05, 3.63) is 41.5 Å². The van der Waals surface area contributed by atoms with Crippen molar-refractivity contribution in [2.24, 2.45) is 0 Å². The van der Waals surface area contributed by atoms with Gasteiger partial charge in [-0.3, -0.25) is 19.7 Å². The molecule has 2 aliphatic heterocycles. The minimum Gasteiger partial charge on any atom is -0.322 e. The summed E-state index contributed by atoms with van der Waals surface area (Å²) in [4.78, 5) is 37.0. The summed E-state index contributed by atoms with van der Waals surface area (Å²) in [6, 6.07) is 4.90. The fraction of sp³-hybridized carbons (Fsp3) is 0.267. The number of nitrogens with one attached hydrogen (secondary N) is 1. The molecule has 1 atom stereocenters. The third-order valence-electron chi connectivity index (χ3n) is 3.84. The molecule has 2 aliphatic rings. The van der Waals surface area contributed by atoms with Crippen LogP contribution in [0, 0.1) is 0 Å². The minimum atomic E-state index is -0.565. The predicted octanol–water partition coefficient (Wildman–Crippen LogP) is 1.09. The summed E-state index contributed by atoms with van der Waals surface area (Å²) in [5.74, 6) is -0.817. The molecule has 1 saturated heterocycles. The van der Waals surface area contributed by atoms with Crippen LogP contribution in [0.5, 0.6) is 0 Å². The maximum Gasteiger partial charge on any atom is 0.255 e. The number of rotatable bonds is 2. The highest BCUT2D eigenvalue weighted by atomic mass is 16.2. The van der Waals surface area contributed by atoms with Gasteiger partial charge in [-0.15, -0.1) is 0 Å². The molecular formula is C15H14N2O3. The number of benzene rings is 1. The van der Waals surface area contributed by atoms with Crippen molar-refractivity contribution in [1.29, 1.82) is 0 Å². The molecule has 3 rings (SSSR count). The second-order valence-corrected chi connectivity index (χ2v) is 4.98. The van der Waals surface area contributed by atoms with Gasteiger partial charge in [0.2, 0.25) is 11.8 Å². The van der Waals surface area contributed by atoms with Gasteiger partial charge in [-0.2, -0.15) is 0 Å². The minimum absolute atomic E-state index is 0.154. The Balaban J connectivity index is 1.92. The Morgan fingerprint density at radius 1 is 1.30 bits per heavy atom. The molecular weight excluding hydrogens is 256 g/mol. The second kappa shape index (κ2) is 4.59. The van der Waals surface area contributed by atoms with Gasteiger partial charge in [0.05, 0.1) is 0 Å². The molecule has 1 aromatic carbocycles. The average Bonchev–Trinajstić information content (AvgIpc) is 2.76. The second-order valence-electron chi connectivity index (χ2n) is 4.98. The van der Waals surface area contributed by atoms with E-state index < -0.39 is 6.04 Å². The van der Waals surface area contributed by atoms with E-state index in [2.05, 4.69) is 11.9 Å². The normalized spacial score (nSPS) is 21.7. The fourth-order valence-corrected chi connectivity index (χ4v) is 2.80. The number of fused-ring (bicyclic) bond motifs is 1. The molecule has 0 saturated carbocycles. The highest BCUT2D eigenvalue weighted by Crippen LogP contribution is 2.30. The van der Waals surface area contributed by atoms with Gasteiger partial charge in [0.1, 0.15) is 6.04 Å².